The number of carbonyl (C=O) groups is 12. The van der Waals surface area contributed by atoms with E-state index < -0.39 is 151 Å². The van der Waals surface area contributed by atoms with Crippen LogP contribution >= 0.6 is 0 Å². The first-order valence-electron chi connectivity index (χ1n) is 29.3. The highest BCUT2D eigenvalue weighted by atomic mass is 16.4. The van der Waals surface area contributed by atoms with E-state index in [0.717, 1.165) is 10.9 Å². The van der Waals surface area contributed by atoms with Gasteiger partial charge in [-0.15, -0.1) is 0 Å². The third kappa shape index (κ3) is 25.1. The Hall–Kier alpha value is -9.44. The van der Waals surface area contributed by atoms with E-state index in [1.165, 1.54) is 19.1 Å². The molecule has 0 fully saturated rings. The zero-order valence-corrected chi connectivity index (χ0v) is 50.5. The number of H-pyrrole nitrogens is 1. The highest BCUT2D eigenvalue weighted by Gasteiger charge is 2.35. The average Bonchev–Trinajstić information content (AvgIpc) is 2.99. The number of unbranched alkanes of at least 4 members (excludes halogenated alkanes) is 1. The summed E-state index contributed by atoms with van der Waals surface area (Å²) in [6.45, 7) is 7.48. The minimum atomic E-state index is -1.86. The van der Waals surface area contributed by atoms with Gasteiger partial charge >= 0.3 is 17.9 Å². The molecule has 28 heteroatoms. The van der Waals surface area contributed by atoms with Crippen LogP contribution in [0.3, 0.4) is 0 Å². The van der Waals surface area contributed by atoms with Crippen molar-refractivity contribution in [3.8, 4) is 5.75 Å². The molecule has 9 atom stereocenters. The van der Waals surface area contributed by atoms with Crippen molar-refractivity contribution in [3.63, 3.8) is 0 Å². The van der Waals surface area contributed by atoms with Gasteiger partial charge in [-0.3, -0.25) is 52.7 Å². The van der Waals surface area contributed by atoms with Gasteiger partial charge in [0.1, 0.15) is 54.1 Å². The van der Waals surface area contributed by atoms with E-state index in [4.69, 9.17) is 11.5 Å². The zero-order chi connectivity index (χ0) is 65.9. The molecule has 0 bridgehead atoms. The van der Waals surface area contributed by atoms with Crippen LogP contribution in [0.1, 0.15) is 103 Å². The molecule has 0 unspecified atom stereocenters. The van der Waals surface area contributed by atoms with E-state index in [2.05, 4.69) is 52.8 Å². The molecule has 3 aromatic carbocycles. The normalized spacial score (nSPS) is 14.2. The molecule has 1 heterocycles. The lowest BCUT2D eigenvalue weighted by Crippen LogP contribution is -2.59. The number of nitrogens with two attached hydrogens (primary N) is 2. The number of fused-ring (bicyclic) bond motifs is 1. The monoisotopic (exact) mass is 1240 g/mol. The summed E-state index contributed by atoms with van der Waals surface area (Å²) >= 11 is 0. The van der Waals surface area contributed by atoms with Crippen molar-refractivity contribution in [3.05, 3.63) is 102 Å². The summed E-state index contributed by atoms with van der Waals surface area (Å²) in [5, 5.41) is 61.7. The van der Waals surface area contributed by atoms with Crippen LogP contribution in [0.2, 0.25) is 0 Å². The van der Waals surface area contributed by atoms with Gasteiger partial charge in [-0.2, -0.15) is 0 Å². The van der Waals surface area contributed by atoms with Gasteiger partial charge in [-0.05, 0) is 105 Å². The lowest BCUT2D eigenvalue weighted by molar-refractivity contribution is -0.143. The van der Waals surface area contributed by atoms with Crippen LogP contribution < -0.4 is 59.3 Å². The number of benzene rings is 3. The topological polar surface area (TPSA) is 462 Å². The van der Waals surface area contributed by atoms with E-state index in [0.29, 0.717) is 23.1 Å². The van der Waals surface area contributed by atoms with Crippen molar-refractivity contribution >= 4 is 82.0 Å². The number of aliphatic carboxylic acids is 3. The molecule has 0 aliphatic rings. The minimum Gasteiger partial charge on any atom is -0.508 e. The predicted octanol–water partition coefficient (Wildman–Crippen LogP) is -0.112. The number of rotatable bonds is 38. The Bertz CT molecular complexity index is 3080. The fourth-order valence-corrected chi connectivity index (χ4v) is 9.43. The molecule has 18 N–H and O–H groups in total. The van der Waals surface area contributed by atoms with Crippen LogP contribution in [0.15, 0.2) is 85.1 Å². The number of carbonyl (C=O) groups excluding carboxylic acids is 9. The summed E-state index contributed by atoms with van der Waals surface area (Å²) in [5.41, 5.74) is 14.7. The summed E-state index contributed by atoms with van der Waals surface area (Å²) in [4.78, 5) is 163. The molecule has 0 saturated heterocycles. The fraction of sp³-hybridized carbons (Fsp3) is 0.475. The predicted molar refractivity (Wildman–Crippen MR) is 325 cm³/mol. The van der Waals surface area contributed by atoms with Crippen molar-refractivity contribution in [2.24, 2.45) is 23.3 Å². The summed E-state index contributed by atoms with van der Waals surface area (Å²) in [6, 6.07) is 9.07. The third-order valence-corrected chi connectivity index (χ3v) is 14.1. The maximum atomic E-state index is 14.4. The van der Waals surface area contributed by atoms with E-state index in [1.807, 2.05) is 24.3 Å². The maximum Gasteiger partial charge on any atom is 0.326 e. The second kappa shape index (κ2) is 36.0. The standard InChI is InChI=1S/C61H84N12O16/c1-33(2)25-45(59(86)68-44(22-23-51(76)77)57(84)73-49(61(88)89)26-34(3)4)69-53(80)35(5)66-58(85)48(30-52(78)79)72-56(83)43(17-11-12-24-62)67-50(75)32-65-55(82)46(28-36-13-7-6-8-14-36)71-60(87)47(29-38-31-64-42-16-10-9-15-40(38)42)70-54(81)41(63)27-37-18-20-39(74)21-19-37/h6-10,13-16,18-21,31,33-35,41,43-49,64,74H,11-12,17,22-30,32,62-63H2,1-5H3,(H,65,82)(H,66,85)(H,67,75)(H,68,86)(H,69,80)(H,70,81)(H,71,87)(H,72,83)(H,73,84)(H,76,77)(H,78,79)(H,88,89)/t35-,41-,43-,44-,45-,46-,47-,48-,49-/m0/s1. The minimum absolute atomic E-state index is 0.0178. The van der Waals surface area contributed by atoms with Crippen LogP contribution in [0, 0.1) is 11.8 Å². The Balaban J connectivity index is 1.48. The summed E-state index contributed by atoms with van der Waals surface area (Å²) in [6.07, 6.45) is 0.0497. The van der Waals surface area contributed by atoms with Gasteiger partial charge in [0.15, 0.2) is 0 Å². The molecule has 28 nitrogen and oxygen atoms in total. The number of phenols is 1. The van der Waals surface area contributed by atoms with Gasteiger partial charge in [0.2, 0.25) is 53.2 Å². The fourth-order valence-electron chi connectivity index (χ4n) is 9.43. The van der Waals surface area contributed by atoms with E-state index >= 15 is 0 Å². The number of hydrogen-bond acceptors (Lipinski definition) is 15. The number of para-hydroxylation sites is 1. The third-order valence-electron chi connectivity index (χ3n) is 14.1. The van der Waals surface area contributed by atoms with Gasteiger partial charge in [0.05, 0.1) is 19.0 Å². The van der Waals surface area contributed by atoms with Gasteiger partial charge in [0, 0.05) is 36.4 Å². The Kier molecular flexibility index (Phi) is 29.1. The molecular formula is C61H84N12O16. The Morgan fingerprint density at radius 1 is 0.494 bits per heavy atom. The number of phenolic OH excluding ortho intramolecular Hbond substituents is 1. The van der Waals surface area contributed by atoms with Crippen molar-refractivity contribution in [1.82, 2.24) is 52.8 Å². The zero-order valence-electron chi connectivity index (χ0n) is 50.5. The molecule has 0 aliphatic carbocycles. The number of aromatic amines is 1. The number of aromatic hydroxyl groups is 1. The van der Waals surface area contributed by atoms with Crippen molar-refractivity contribution in [2.75, 3.05) is 13.1 Å². The number of aromatic nitrogens is 1. The van der Waals surface area contributed by atoms with E-state index in [1.54, 1.807) is 76.4 Å². The lowest BCUT2D eigenvalue weighted by atomic mass is 10.0. The first kappa shape index (κ1) is 72.0. The Labute approximate surface area is 514 Å². The lowest BCUT2D eigenvalue weighted by Gasteiger charge is -2.27. The number of hydrogen-bond donors (Lipinski definition) is 16. The van der Waals surface area contributed by atoms with Crippen LogP contribution in [0.5, 0.6) is 5.75 Å². The molecule has 4 rings (SSSR count). The summed E-state index contributed by atoms with van der Waals surface area (Å²) in [5.74, 6) is -13.0. The molecule has 89 heavy (non-hydrogen) atoms. The van der Waals surface area contributed by atoms with Crippen molar-refractivity contribution < 1.29 is 78.0 Å². The van der Waals surface area contributed by atoms with Crippen LogP contribution in [0.4, 0.5) is 0 Å². The summed E-state index contributed by atoms with van der Waals surface area (Å²) < 4.78 is 0. The Morgan fingerprint density at radius 3 is 1.63 bits per heavy atom. The molecule has 9 amide bonds. The van der Waals surface area contributed by atoms with Crippen LogP contribution in [0.25, 0.3) is 10.9 Å². The highest BCUT2D eigenvalue weighted by molar-refractivity contribution is 5.99. The summed E-state index contributed by atoms with van der Waals surface area (Å²) in [7, 11) is 0. The number of carboxylic acids is 3. The molecule has 0 aliphatic heterocycles. The first-order valence-corrected chi connectivity index (χ1v) is 29.3. The molecule has 1 aromatic heterocycles. The molecule has 0 radical (unpaired) electrons. The molecule has 4 aromatic rings. The quantitative estimate of drug-likeness (QED) is 0.0260. The number of nitrogens with one attached hydrogen (secondary N) is 10. The average molecular weight is 1240 g/mol. The number of carboxylic acid groups (broad SMARTS) is 3. The number of amides is 9. The van der Waals surface area contributed by atoms with Gasteiger partial charge in [0.25, 0.3) is 0 Å². The maximum absolute atomic E-state index is 14.4. The SMILES string of the molecule is CC(C)C[C@H](NC(=O)[C@H](CCC(=O)O)NC(=O)[C@H](CC(C)C)NC(=O)[C@H](C)NC(=O)[C@H](CC(=O)O)NC(=O)[C@H](CCCCN)NC(=O)CNC(=O)[C@H](Cc1ccccc1)NC(=O)[C@H](Cc1c[nH]c2ccccc12)NC(=O)[C@@H](N)Cc1ccc(O)cc1)C(=O)O. The molecule has 484 valence electrons. The van der Waals surface area contributed by atoms with E-state index in [-0.39, 0.29) is 69.1 Å². The molecule has 0 saturated carbocycles. The van der Waals surface area contributed by atoms with Gasteiger partial charge in [-0.1, -0.05) is 88.4 Å². The van der Waals surface area contributed by atoms with Crippen molar-refractivity contribution in [1.29, 1.82) is 0 Å². The highest BCUT2D eigenvalue weighted by Crippen LogP contribution is 2.20. The molecular weight excluding hydrogens is 1160 g/mol. The second-order valence-electron chi connectivity index (χ2n) is 22.6. The van der Waals surface area contributed by atoms with Gasteiger partial charge in [-0.25, -0.2) is 4.79 Å². The van der Waals surface area contributed by atoms with Crippen LogP contribution in [-0.4, -0.2) is 164 Å². The smallest absolute Gasteiger partial charge is 0.326 e. The largest absolute Gasteiger partial charge is 0.508 e. The van der Waals surface area contributed by atoms with Gasteiger partial charge < -0.3 is 84.7 Å². The Morgan fingerprint density at radius 2 is 1.01 bits per heavy atom. The van der Waals surface area contributed by atoms with Crippen molar-refractivity contribution in [2.45, 2.75) is 160 Å². The molecule has 0 spiro atoms. The van der Waals surface area contributed by atoms with Crippen LogP contribution in [-0.2, 0) is 76.8 Å². The first-order chi connectivity index (χ1) is 42.1. The second-order valence-corrected chi connectivity index (χ2v) is 22.6. The van der Waals surface area contributed by atoms with E-state index in [9.17, 15) is 78.0 Å².